The molecule has 178 valence electrons. The maximum Gasteiger partial charge on any atom is 0.248 e. The third-order valence-corrected chi connectivity index (χ3v) is 5.34. The molecule has 0 spiro atoms. The molecule has 1 atom stereocenters. The molecule has 0 radical (unpaired) electrons. The molecule has 3 amide bonds. The summed E-state index contributed by atoms with van der Waals surface area (Å²) in [6.07, 6.45) is -0.387. The van der Waals surface area contributed by atoms with Gasteiger partial charge in [0, 0.05) is 35.0 Å². The summed E-state index contributed by atoms with van der Waals surface area (Å²) in [5.41, 5.74) is 6.65. The fourth-order valence-electron chi connectivity index (χ4n) is 3.57. The lowest BCUT2D eigenvalue weighted by molar-refractivity contribution is -0.123. The highest BCUT2D eigenvalue weighted by atomic mass is 16.6. The quantitative estimate of drug-likeness (QED) is 0.340. The monoisotopic (exact) mass is 473 g/mol. The SMILES string of the molecule is NC(=O)c1ccc(NC(=O)CC(C(=O)Nc2ccc3c(c2)OCCO3)C(=O)c2ccccc2)cc1. The molecular weight excluding hydrogens is 450 g/mol. The summed E-state index contributed by atoms with van der Waals surface area (Å²) in [5.74, 6) is -2.48. The van der Waals surface area contributed by atoms with E-state index in [1.54, 1.807) is 48.5 Å². The fraction of sp³-hybridized carbons (Fsp3) is 0.154. The van der Waals surface area contributed by atoms with Crippen molar-refractivity contribution in [1.29, 1.82) is 0 Å². The summed E-state index contributed by atoms with van der Waals surface area (Å²) in [6.45, 7) is 0.826. The maximum absolute atomic E-state index is 13.2. The number of benzene rings is 3. The molecule has 4 rings (SSSR count). The van der Waals surface area contributed by atoms with Gasteiger partial charge in [0.2, 0.25) is 17.7 Å². The molecule has 0 saturated carbocycles. The van der Waals surface area contributed by atoms with Gasteiger partial charge in [-0.25, -0.2) is 0 Å². The Kier molecular flexibility index (Phi) is 7.06. The van der Waals surface area contributed by atoms with E-state index in [9.17, 15) is 19.2 Å². The molecule has 1 aliphatic rings. The van der Waals surface area contributed by atoms with E-state index in [4.69, 9.17) is 15.2 Å². The summed E-state index contributed by atoms with van der Waals surface area (Å²) < 4.78 is 11.0. The molecule has 3 aromatic rings. The van der Waals surface area contributed by atoms with Crippen LogP contribution in [0.5, 0.6) is 11.5 Å². The minimum absolute atomic E-state index is 0.291. The standard InChI is InChI=1S/C26H23N3O6/c27-25(32)17-6-8-18(9-7-17)28-23(30)15-20(24(31)16-4-2-1-3-5-16)26(33)29-19-10-11-21-22(14-19)35-13-12-34-21/h1-11,14,20H,12-13,15H2,(H2,27,32)(H,28,30)(H,29,33). The van der Waals surface area contributed by atoms with Crippen molar-refractivity contribution in [2.75, 3.05) is 23.8 Å². The summed E-state index contributed by atoms with van der Waals surface area (Å²) in [6, 6.07) is 19.2. The van der Waals surface area contributed by atoms with Crippen molar-refractivity contribution in [3.8, 4) is 11.5 Å². The van der Waals surface area contributed by atoms with E-state index in [1.165, 1.54) is 24.3 Å². The zero-order valence-electron chi connectivity index (χ0n) is 18.7. The average Bonchev–Trinajstić information content (AvgIpc) is 2.87. The molecule has 35 heavy (non-hydrogen) atoms. The molecular formula is C26H23N3O6. The Morgan fingerprint density at radius 1 is 0.771 bits per heavy atom. The van der Waals surface area contributed by atoms with Crippen molar-refractivity contribution in [1.82, 2.24) is 0 Å². The van der Waals surface area contributed by atoms with Crippen LogP contribution >= 0.6 is 0 Å². The first kappa shape index (κ1) is 23.5. The zero-order valence-corrected chi connectivity index (χ0v) is 18.7. The molecule has 1 heterocycles. The molecule has 1 aliphatic heterocycles. The van der Waals surface area contributed by atoms with E-state index in [-0.39, 0.29) is 6.42 Å². The van der Waals surface area contributed by atoms with Crippen LogP contribution in [0.3, 0.4) is 0 Å². The van der Waals surface area contributed by atoms with E-state index in [0.29, 0.717) is 47.2 Å². The summed E-state index contributed by atoms with van der Waals surface area (Å²) >= 11 is 0. The van der Waals surface area contributed by atoms with Crippen molar-refractivity contribution in [2.24, 2.45) is 11.7 Å². The van der Waals surface area contributed by atoms with Gasteiger partial charge in [0.1, 0.15) is 19.1 Å². The molecule has 9 heteroatoms. The number of ketones is 1. The van der Waals surface area contributed by atoms with Crippen LogP contribution < -0.4 is 25.8 Å². The van der Waals surface area contributed by atoms with E-state index in [2.05, 4.69) is 10.6 Å². The average molecular weight is 473 g/mol. The van der Waals surface area contributed by atoms with Gasteiger partial charge in [0.05, 0.1) is 0 Å². The van der Waals surface area contributed by atoms with Gasteiger partial charge < -0.3 is 25.8 Å². The number of primary amides is 1. The topological polar surface area (TPSA) is 137 Å². The number of amides is 3. The van der Waals surface area contributed by atoms with Gasteiger partial charge in [-0.1, -0.05) is 30.3 Å². The second-order valence-electron chi connectivity index (χ2n) is 7.82. The number of nitrogens with one attached hydrogen (secondary N) is 2. The number of Topliss-reactive ketones (excluding diaryl/α,β-unsaturated/α-hetero) is 1. The predicted octanol–water partition coefficient (Wildman–Crippen LogP) is 3.02. The summed E-state index contributed by atoms with van der Waals surface area (Å²) in [7, 11) is 0. The van der Waals surface area contributed by atoms with Crippen LogP contribution in [0.25, 0.3) is 0 Å². The predicted molar refractivity (Wildman–Crippen MR) is 129 cm³/mol. The van der Waals surface area contributed by atoms with Gasteiger partial charge >= 0.3 is 0 Å². The minimum atomic E-state index is -1.28. The lowest BCUT2D eigenvalue weighted by Crippen LogP contribution is -2.33. The maximum atomic E-state index is 13.2. The number of carbonyl (C=O) groups is 4. The Hall–Kier alpha value is -4.66. The van der Waals surface area contributed by atoms with Gasteiger partial charge in [-0.05, 0) is 36.4 Å². The zero-order chi connectivity index (χ0) is 24.8. The van der Waals surface area contributed by atoms with Gasteiger partial charge in [-0.2, -0.15) is 0 Å². The van der Waals surface area contributed by atoms with Crippen molar-refractivity contribution >= 4 is 34.9 Å². The summed E-state index contributed by atoms with van der Waals surface area (Å²) in [5, 5.41) is 5.35. The molecule has 3 aromatic carbocycles. The molecule has 9 nitrogen and oxygen atoms in total. The Balaban J connectivity index is 1.51. The molecule has 0 aliphatic carbocycles. The molecule has 0 bridgehead atoms. The van der Waals surface area contributed by atoms with Crippen LogP contribution in [-0.2, 0) is 9.59 Å². The van der Waals surface area contributed by atoms with Crippen LogP contribution in [-0.4, -0.2) is 36.7 Å². The number of ether oxygens (including phenoxy) is 2. The van der Waals surface area contributed by atoms with Gasteiger partial charge in [0.15, 0.2) is 17.3 Å². The van der Waals surface area contributed by atoms with Gasteiger partial charge in [-0.3, -0.25) is 19.2 Å². The van der Waals surface area contributed by atoms with Gasteiger partial charge in [0.25, 0.3) is 0 Å². The van der Waals surface area contributed by atoms with Gasteiger partial charge in [-0.15, -0.1) is 0 Å². The molecule has 1 unspecified atom stereocenters. The van der Waals surface area contributed by atoms with Crippen molar-refractivity contribution < 1.29 is 28.7 Å². The Bertz CT molecular complexity index is 1260. The van der Waals surface area contributed by atoms with Crippen LogP contribution in [0.15, 0.2) is 72.8 Å². The number of anilines is 2. The van der Waals surface area contributed by atoms with E-state index >= 15 is 0 Å². The van der Waals surface area contributed by atoms with Crippen LogP contribution in [0.4, 0.5) is 11.4 Å². The number of hydrogen-bond donors (Lipinski definition) is 3. The van der Waals surface area contributed by atoms with Crippen LogP contribution in [0.1, 0.15) is 27.1 Å². The highest BCUT2D eigenvalue weighted by Crippen LogP contribution is 2.33. The van der Waals surface area contributed by atoms with E-state index in [0.717, 1.165) is 0 Å². The lowest BCUT2D eigenvalue weighted by Gasteiger charge is -2.20. The van der Waals surface area contributed by atoms with Crippen molar-refractivity contribution in [3.63, 3.8) is 0 Å². The van der Waals surface area contributed by atoms with Crippen LogP contribution in [0, 0.1) is 5.92 Å². The van der Waals surface area contributed by atoms with E-state index < -0.39 is 29.4 Å². The summed E-state index contributed by atoms with van der Waals surface area (Å²) in [4.78, 5) is 50.3. The first-order valence-electron chi connectivity index (χ1n) is 10.9. The third kappa shape index (κ3) is 5.83. The Morgan fingerprint density at radius 3 is 2.11 bits per heavy atom. The molecule has 0 saturated heterocycles. The Morgan fingerprint density at radius 2 is 1.43 bits per heavy atom. The lowest BCUT2D eigenvalue weighted by atomic mass is 9.93. The highest BCUT2D eigenvalue weighted by molar-refractivity contribution is 6.16. The first-order valence-corrected chi connectivity index (χ1v) is 10.9. The largest absolute Gasteiger partial charge is 0.486 e. The number of fused-ring (bicyclic) bond motifs is 1. The number of carbonyl (C=O) groups excluding carboxylic acids is 4. The molecule has 0 fully saturated rings. The van der Waals surface area contributed by atoms with E-state index in [1.807, 2.05) is 0 Å². The molecule has 0 aromatic heterocycles. The fourth-order valence-corrected chi connectivity index (χ4v) is 3.57. The Labute approximate surface area is 201 Å². The highest BCUT2D eigenvalue weighted by Gasteiger charge is 2.30. The number of hydrogen-bond acceptors (Lipinski definition) is 6. The minimum Gasteiger partial charge on any atom is -0.486 e. The second-order valence-corrected chi connectivity index (χ2v) is 7.82. The van der Waals surface area contributed by atoms with Crippen molar-refractivity contribution in [3.05, 3.63) is 83.9 Å². The smallest absolute Gasteiger partial charge is 0.248 e. The number of nitrogens with two attached hydrogens (primary N) is 1. The second kappa shape index (κ2) is 10.5. The van der Waals surface area contributed by atoms with Crippen molar-refractivity contribution in [2.45, 2.75) is 6.42 Å². The third-order valence-electron chi connectivity index (χ3n) is 5.34. The normalized spacial score (nSPS) is 12.8. The first-order chi connectivity index (χ1) is 16.9. The molecule has 4 N–H and O–H groups in total. The number of rotatable bonds is 8. The van der Waals surface area contributed by atoms with Crippen LogP contribution in [0.2, 0.25) is 0 Å².